The van der Waals surface area contributed by atoms with Crippen LogP contribution in [0.3, 0.4) is 0 Å². The summed E-state index contributed by atoms with van der Waals surface area (Å²) < 4.78 is 5.49. The lowest BCUT2D eigenvalue weighted by Gasteiger charge is -2.16. The van der Waals surface area contributed by atoms with Crippen LogP contribution in [-0.2, 0) is 12.8 Å². The molecule has 1 unspecified atom stereocenters. The molecule has 90 valence electrons. The number of benzene rings is 1. The van der Waals surface area contributed by atoms with Gasteiger partial charge in [0.25, 0.3) is 0 Å². The summed E-state index contributed by atoms with van der Waals surface area (Å²) in [5.41, 5.74) is 2.62. The van der Waals surface area contributed by atoms with E-state index in [1.807, 2.05) is 13.1 Å². The third-order valence-electron chi connectivity index (χ3n) is 3.11. The van der Waals surface area contributed by atoms with E-state index >= 15 is 0 Å². The first-order valence-corrected chi connectivity index (χ1v) is 6.12. The highest BCUT2D eigenvalue weighted by Gasteiger charge is 2.15. The summed E-state index contributed by atoms with van der Waals surface area (Å²) in [6.45, 7) is 2.12. The van der Waals surface area contributed by atoms with Crippen LogP contribution < -0.4 is 5.32 Å². The standard InChI is InChI=1S/C15H19NO/c1-3-15-13(9-10-17-15)14(16-2)11-12-7-5-4-6-8-12/h4-10,14,16H,3,11H2,1-2H3. The van der Waals surface area contributed by atoms with E-state index in [2.05, 4.69) is 42.6 Å². The van der Waals surface area contributed by atoms with Crippen LogP contribution in [-0.4, -0.2) is 7.05 Å². The first kappa shape index (κ1) is 11.9. The largest absolute Gasteiger partial charge is 0.469 e. The van der Waals surface area contributed by atoms with Gasteiger partial charge in [0.15, 0.2) is 0 Å². The minimum Gasteiger partial charge on any atom is -0.469 e. The van der Waals surface area contributed by atoms with E-state index in [1.165, 1.54) is 11.1 Å². The van der Waals surface area contributed by atoms with Crippen LogP contribution in [0.25, 0.3) is 0 Å². The van der Waals surface area contributed by atoms with E-state index in [0.29, 0.717) is 6.04 Å². The van der Waals surface area contributed by atoms with Gasteiger partial charge >= 0.3 is 0 Å². The molecule has 0 aliphatic heterocycles. The fourth-order valence-corrected chi connectivity index (χ4v) is 2.17. The molecule has 2 rings (SSSR count). The van der Waals surface area contributed by atoms with Crippen molar-refractivity contribution in [3.63, 3.8) is 0 Å². The van der Waals surface area contributed by atoms with Gasteiger partial charge in [-0.2, -0.15) is 0 Å². The predicted octanol–water partition coefficient (Wildman–Crippen LogP) is 3.35. The van der Waals surface area contributed by atoms with Crippen LogP contribution in [0.4, 0.5) is 0 Å². The molecule has 2 heteroatoms. The van der Waals surface area contributed by atoms with Gasteiger partial charge in [0, 0.05) is 18.0 Å². The van der Waals surface area contributed by atoms with E-state index in [-0.39, 0.29) is 0 Å². The van der Waals surface area contributed by atoms with Gasteiger partial charge in [0.1, 0.15) is 5.76 Å². The molecule has 0 saturated carbocycles. The number of rotatable bonds is 5. The SMILES string of the molecule is CCc1occc1C(Cc1ccccc1)NC. The number of hydrogen-bond acceptors (Lipinski definition) is 2. The van der Waals surface area contributed by atoms with E-state index in [4.69, 9.17) is 4.42 Å². The average Bonchev–Trinajstić information content (AvgIpc) is 2.85. The monoisotopic (exact) mass is 229 g/mol. The summed E-state index contributed by atoms with van der Waals surface area (Å²) in [5, 5.41) is 3.37. The van der Waals surface area contributed by atoms with E-state index in [1.54, 1.807) is 6.26 Å². The Morgan fingerprint density at radius 3 is 2.59 bits per heavy atom. The molecule has 2 nitrogen and oxygen atoms in total. The van der Waals surface area contributed by atoms with Crippen molar-refractivity contribution in [1.82, 2.24) is 5.32 Å². The number of likely N-dealkylation sites (N-methyl/N-ethyl adjacent to an activating group) is 1. The first-order chi connectivity index (χ1) is 8.35. The lowest BCUT2D eigenvalue weighted by Crippen LogP contribution is -2.19. The molecule has 1 heterocycles. The summed E-state index contributed by atoms with van der Waals surface area (Å²) in [5.74, 6) is 1.08. The number of hydrogen-bond donors (Lipinski definition) is 1. The summed E-state index contributed by atoms with van der Waals surface area (Å²) in [6.07, 6.45) is 3.71. The second-order valence-electron chi connectivity index (χ2n) is 4.18. The van der Waals surface area contributed by atoms with Crippen LogP contribution in [0.15, 0.2) is 47.1 Å². The van der Waals surface area contributed by atoms with Crippen molar-refractivity contribution >= 4 is 0 Å². The van der Waals surface area contributed by atoms with Crippen LogP contribution in [0, 0.1) is 0 Å². The molecule has 0 fully saturated rings. The summed E-state index contributed by atoms with van der Waals surface area (Å²) in [4.78, 5) is 0. The Hall–Kier alpha value is -1.54. The maximum Gasteiger partial charge on any atom is 0.108 e. The van der Waals surface area contributed by atoms with Crippen LogP contribution in [0.1, 0.15) is 29.9 Å². The molecule has 1 aromatic carbocycles. The van der Waals surface area contributed by atoms with Crippen LogP contribution in [0.5, 0.6) is 0 Å². The third kappa shape index (κ3) is 2.77. The zero-order chi connectivity index (χ0) is 12.1. The highest BCUT2D eigenvalue weighted by atomic mass is 16.3. The van der Waals surface area contributed by atoms with Crippen molar-refractivity contribution in [1.29, 1.82) is 0 Å². The molecule has 2 aromatic rings. The first-order valence-electron chi connectivity index (χ1n) is 6.12. The molecule has 0 saturated heterocycles. The van der Waals surface area contributed by atoms with E-state index in [9.17, 15) is 0 Å². The van der Waals surface area contributed by atoms with Gasteiger partial charge < -0.3 is 9.73 Å². The summed E-state index contributed by atoms with van der Waals surface area (Å²) in [7, 11) is 2.00. The lowest BCUT2D eigenvalue weighted by atomic mass is 9.99. The summed E-state index contributed by atoms with van der Waals surface area (Å²) >= 11 is 0. The smallest absolute Gasteiger partial charge is 0.108 e. The van der Waals surface area contributed by atoms with Crippen LogP contribution in [0.2, 0.25) is 0 Å². The molecule has 1 N–H and O–H groups in total. The molecule has 0 aliphatic carbocycles. The quantitative estimate of drug-likeness (QED) is 0.850. The molecule has 0 radical (unpaired) electrons. The Labute approximate surface area is 103 Å². The minimum absolute atomic E-state index is 0.325. The van der Waals surface area contributed by atoms with Crippen molar-refractivity contribution in [3.8, 4) is 0 Å². The second-order valence-corrected chi connectivity index (χ2v) is 4.18. The highest BCUT2D eigenvalue weighted by Crippen LogP contribution is 2.23. The fraction of sp³-hybridized carbons (Fsp3) is 0.333. The topological polar surface area (TPSA) is 25.2 Å². The Balaban J connectivity index is 2.17. The maximum atomic E-state index is 5.49. The zero-order valence-corrected chi connectivity index (χ0v) is 10.4. The van der Waals surface area contributed by atoms with Gasteiger partial charge in [-0.05, 0) is 25.1 Å². The van der Waals surface area contributed by atoms with Crippen molar-refractivity contribution in [2.75, 3.05) is 7.05 Å². The van der Waals surface area contributed by atoms with Crippen molar-refractivity contribution in [2.24, 2.45) is 0 Å². The van der Waals surface area contributed by atoms with Gasteiger partial charge in [-0.3, -0.25) is 0 Å². The van der Waals surface area contributed by atoms with E-state index < -0.39 is 0 Å². The fourth-order valence-electron chi connectivity index (χ4n) is 2.17. The van der Waals surface area contributed by atoms with Crippen molar-refractivity contribution < 1.29 is 4.42 Å². The molecule has 1 aromatic heterocycles. The average molecular weight is 229 g/mol. The number of nitrogens with one attached hydrogen (secondary N) is 1. The Kier molecular flexibility index (Phi) is 3.99. The van der Waals surface area contributed by atoms with Crippen molar-refractivity contribution in [3.05, 3.63) is 59.5 Å². The molecule has 0 spiro atoms. The normalized spacial score (nSPS) is 12.6. The number of aryl methyl sites for hydroxylation is 1. The predicted molar refractivity (Wildman–Crippen MR) is 70.0 cm³/mol. The molecule has 1 atom stereocenters. The molecular formula is C15H19NO. The Morgan fingerprint density at radius 2 is 1.94 bits per heavy atom. The van der Waals surface area contributed by atoms with E-state index in [0.717, 1.165) is 18.6 Å². The number of furan rings is 1. The Morgan fingerprint density at radius 1 is 1.18 bits per heavy atom. The van der Waals surface area contributed by atoms with Gasteiger partial charge in [-0.1, -0.05) is 37.3 Å². The van der Waals surface area contributed by atoms with Crippen LogP contribution >= 0.6 is 0 Å². The molecular weight excluding hydrogens is 210 g/mol. The highest BCUT2D eigenvalue weighted by molar-refractivity contribution is 5.25. The van der Waals surface area contributed by atoms with Gasteiger partial charge in [0.2, 0.25) is 0 Å². The third-order valence-corrected chi connectivity index (χ3v) is 3.11. The van der Waals surface area contributed by atoms with Gasteiger partial charge in [0.05, 0.1) is 6.26 Å². The molecule has 0 aliphatic rings. The lowest BCUT2D eigenvalue weighted by molar-refractivity contribution is 0.495. The Bertz CT molecular complexity index is 447. The maximum absolute atomic E-state index is 5.49. The van der Waals surface area contributed by atoms with Gasteiger partial charge in [-0.25, -0.2) is 0 Å². The zero-order valence-electron chi connectivity index (χ0n) is 10.4. The molecule has 17 heavy (non-hydrogen) atoms. The minimum atomic E-state index is 0.325. The van der Waals surface area contributed by atoms with Gasteiger partial charge in [-0.15, -0.1) is 0 Å². The summed E-state index contributed by atoms with van der Waals surface area (Å²) in [6, 6.07) is 12.9. The second kappa shape index (κ2) is 5.69. The molecule has 0 amide bonds. The van der Waals surface area contributed by atoms with Crippen molar-refractivity contribution in [2.45, 2.75) is 25.8 Å². The molecule has 0 bridgehead atoms.